The molecule has 0 atom stereocenters. The Morgan fingerprint density at radius 2 is 1.81 bits per heavy atom. The molecule has 0 radical (unpaired) electrons. The molecule has 134 valence electrons. The quantitative estimate of drug-likeness (QED) is 0.665. The molecule has 6 nitrogen and oxygen atoms in total. The molecule has 3 rings (SSSR count). The molecule has 26 heavy (non-hydrogen) atoms. The first-order valence-corrected chi connectivity index (χ1v) is 8.03. The molecule has 1 aromatic heterocycles. The van der Waals surface area contributed by atoms with Crippen LogP contribution in [0.5, 0.6) is 0 Å². The number of anilines is 1. The lowest BCUT2D eigenvalue weighted by Gasteiger charge is -2.27. The van der Waals surface area contributed by atoms with Crippen LogP contribution in [0.15, 0.2) is 48.2 Å². The van der Waals surface area contributed by atoms with Gasteiger partial charge in [-0.2, -0.15) is 0 Å². The molecule has 0 saturated carbocycles. The van der Waals surface area contributed by atoms with Gasteiger partial charge in [-0.1, -0.05) is 6.07 Å². The third-order valence-corrected chi connectivity index (χ3v) is 3.96. The molecule has 7 heteroatoms. The summed E-state index contributed by atoms with van der Waals surface area (Å²) in [6.07, 6.45) is 3.27. The zero-order valence-electron chi connectivity index (χ0n) is 14.6. The number of hydrogen-bond acceptors (Lipinski definition) is 3. The van der Waals surface area contributed by atoms with Crippen LogP contribution in [0, 0.1) is 5.82 Å². The number of carbonyl (C=O) groups excluding carboxylic acids is 3. The minimum atomic E-state index is -0.908. The van der Waals surface area contributed by atoms with Crippen molar-refractivity contribution in [3.05, 3.63) is 59.7 Å². The van der Waals surface area contributed by atoms with Crippen molar-refractivity contribution in [3.8, 4) is 0 Å². The molecule has 1 fully saturated rings. The van der Waals surface area contributed by atoms with Gasteiger partial charge in [0, 0.05) is 17.4 Å². The number of aromatic nitrogens is 1. The number of carbonyl (C=O) groups is 3. The number of imide groups is 2. The van der Waals surface area contributed by atoms with Gasteiger partial charge in [-0.15, -0.1) is 0 Å². The number of amides is 4. The highest BCUT2D eigenvalue weighted by Gasteiger charge is 2.37. The van der Waals surface area contributed by atoms with Crippen LogP contribution in [-0.4, -0.2) is 22.4 Å². The molecular formula is C19H18FN3O3. The molecule has 0 unspecified atom stereocenters. The second-order valence-electron chi connectivity index (χ2n) is 6.91. The summed E-state index contributed by atoms with van der Waals surface area (Å²) in [5.41, 5.74) is 0.238. The van der Waals surface area contributed by atoms with E-state index >= 15 is 0 Å². The van der Waals surface area contributed by atoms with Crippen LogP contribution in [0.25, 0.3) is 6.08 Å². The molecule has 2 aromatic rings. The molecule has 1 aromatic carbocycles. The molecule has 0 spiro atoms. The fourth-order valence-electron chi connectivity index (χ4n) is 2.78. The third kappa shape index (κ3) is 3.15. The van der Waals surface area contributed by atoms with E-state index in [1.54, 1.807) is 12.1 Å². The maximum Gasteiger partial charge on any atom is 0.335 e. The summed E-state index contributed by atoms with van der Waals surface area (Å²) in [5, 5.41) is 2.13. The fraction of sp³-hybridized carbons (Fsp3) is 0.211. The average Bonchev–Trinajstić information content (AvgIpc) is 3.00. The molecule has 1 saturated heterocycles. The molecule has 1 N–H and O–H groups in total. The van der Waals surface area contributed by atoms with Crippen LogP contribution in [0.2, 0.25) is 0 Å². The second kappa shape index (κ2) is 6.25. The van der Waals surface area contributed by atoms with Gasteiger partial charge in [-0.25, -0.2) is 14.1 Å². The van der Waals surface area contributed by atoms with Crippen LogP contribution in [0.1, 0.15) is 26.5 Å². The minimum absolute atomic E-state index is 0.0529. The number of urea groups is 1. The summed E-state index contributed by atoms with van der Waals surface area (Å²) in [4.78, 5) is 37.9. The van der Waals surface area contributed by atoms with Crippen molar-refractivity contribution in [2.75, 3.05) is 4.90 Å². The zero-order valence-corrected chi connectivity index (χ0v) is 14.6. The van der Waals surface area contributed by atoms with E-state index in [4.69, 9.17) is 0 Å². The maximum atomic E-state index is 13.5. The van der Waals surface area contributed by atoms with Crippen molar-refractivity contribution in [1.29, 1.82) is 0 Å². The van der Waals surface area contributed by atoms with Crippen LogP contribution >= 0.6 is 0 Å². The van der Waals surface area contributed by atoms with Crippen LogP contribution in [-0.2, 0) is 15.1 Å². The topological polar surface area (TPSA) is 71.4 Å². The molecule has 0 bridgehead atoms. The summed E-state index contributed by atoms with van der Waals surface area (Å²) in [7, 11) is 0. The number of benzene rings is 1. The summed E-state index contributed by atoms with van der Waals surface area (Å²) >= 11 is 0. The number of halogens is 1. The smallest absolute Gasteiger partial charge is 0.335 e. The van der Waals surface area contributed by atoms with Crippen LogP contribution < -0.4 is 10.2 Å². The average molecular weight is 355 g/mol. The van der Waals surface area contributed by atoms with Crippen molar-refractivity contribution >= 4 is 29.6 Å². The highest BCUT2D eigenvalue weighted by molar-refractivity contribution is 6.39. The summed E-state index contributed by atoms with van der Waals surface area (Å²) in [6.45, 7) is 5.96. The first kappa shape index (κ1) is 17.6. The van der Waals surface area contributed by atoms with E-state index in [9.17, 15) is 18.8 Å². The lowest BCUT2D eigenvalue weighted by atomic mass is 10.1. The van der Waals surface area contributed by atoms with Gasteiger partial charge in [0.05, 0.1) is 5.69 Å². The summed E-state index contributed by atoms with van der Waals surface area (Å²) < 4.78 is 15.4. The molecule has 0 aliphatic carbocycles. The van der Waals surface area contributed by atoms with E-state index in [0.29, 0.717) is 5.69 Å². The molecule has 1 aliphatic rings. The van der Waals surface area contributed by atoms with Crippen molar-refractivity contribution in [1.82, 2.24) is 9.88 Å². The predicted molar refractivity (Wildman–Crippen MR) is 94.8 cm³/mol. The van der Waals surface area contributed by atoms with Crippen LogP contribution in [0.4, 0.5) is 14.9 Å². The van der Waals surface area contributed by atoms with Gasteiger partial charge in [0.2, 0.25) is 0 Å². The van der Waals surface area contributed by atoms with Crippen molar-refractivity contribution in [3.63, 3.8) is 0 Å². The Hall–Kier alpha value is -3.22. The molecule has 4 amide bonds. The minimum Gasteiger partial charge on any atom is -0.343 e. The lowest BCUT2D eigenvalue weighted by Crippen LogP contribution is -2.54. The number of nitrogens with one attached hydrogen (secondary N) is 1. The standard InChI is InChI=1S/C19H18FN3O3/c1-19(2,3)22-9-5-8-13(22)11-15-16(24)21-18(26)23(17(15)25)14-7-4-6-12(20)10-14/h4-11H,1-3H3,(H,21,24,26)/b15-11-. The monoisotopic (exact) mass is 355 g/mol. The summed E-state index contributed by atoms with van der Waals surface area (Å²) in [6, 6.07) is 7.73. The van der Waals surface area contributed by atoms with E-state index in [2.05, 4.69) is 5.32 Å². The third-order valence-electron chi connectivity index (χ3n) is 3.96. The van der Waals surface area contributed by atoms with E-state index in [0.717, 1.165) is 11.0 Å². The normalized spacial score (nSPS) is 17.0. The van der Waals surface area contributed by atoms with E-state index in [1.165, 1.54) is 24.3 Å². The zero-order chi connectivity index (χ0) is 19.1. The Morgan fingerprint density at radius 3 is 2.46 bits per heavy atom. The Morgan fingerprint density at radius 1 is 1.08 bits per heavy atom. The fourth-order valence-corrected chi connectivity index (χ4v) is 2.78. The van der Waals surface area contributed by atoms with Crippen LogP contribution in [0.3, 0.4) is 0 Å². The number of nitrogens with zero attached hydrogens (tertiary/aromatic N) is 2. The molecular weight excluding hydrogens is 337 g/mol. The van der Waals surface area contributed by atoms with Gasteiger partial charge < -0.3 is 4.57 Å². The predicted octanol–water partition coefficient (Wildman–Crippen LogP) is 3.05. The van der Waals surface area contributed by atoms with E-state index in [1.807, 2.05) is 31.5 Å². The second-order valence-corrected chi connectivity index (χ2v) is 6.91. The number of barbiturate groups is 1. The Kier molecular flexibility index (Phi) is 4.23. The first-order valence-electron chi connectivity index (χ1n) is 8.03. The van der Waals surface area contributed by atoms with Gasteiger partial charge in [-0.05, 0) is 57.2 Å². The highest BCUT2D eigenvalue weighted by atomic mass is 19.1. The first-order chi connectivity index (χ1) is 12.2. The summed E-state index contributed by atoms with van der Waals surface area (Å²) in [5.74, 6) is -2.17. The van der Waals surface area contributed by atoms with Gasteiger partial charge >= 0.3 is 6.03 Å². The lowest BCUT2D eigenvalue weighted by molar-refractivity contribution is -0.122. The maximum absolute atomic E-state index is 13.5. The number of hydrogen-bond donors (Lipinski definition) is 1. The molecule has 1 aliphatic heterocycles. The van der Waals surface area contributed by atoms with Gasteiger partial charge in [-0.3, -0.25) is 14.9 Å². The molecule has 2 heterocycles. The Labute approximate surface area is 149 Å². The Balaban J connectivity index is 2.05. The van der Waals surface area contributed by atoms with Crippen molar-refractivity contribution in [2.45, 2.75) is 26.3 Å². The van der Waals surface area contributed by atoms with Crippen molar-refractivity contribution in [2.24, 2.45) is 0 Å². The number of rotatable bonds is 2. The van der Waals surface area contributed by atoms with Crippen molar-refractivity contribution < 1.29 is 18.8 Å². The van der Waals surface area contributed by atoms with E-state index in [-0.39, 0.29) is 16.8 Å². The van der Waals surface area contributed by atoms with Gasteiger partial charge in [0.25, 0.3) is 11.8 Å². The van der Waals surface area contributed by atoms with E-state index < -0.39 is 23.7 Å². The van der Waals surface area contributed by atoms with Gasteiger partial charge in [0.15, 0.2) is 0 Å². The SMILES string of the molecule is CC(C)(C)n1cccc1/C=C1/C(=O)NC(=O)N(c2cccc(F)c2)C1=O. The van der Waals surface area contributed by atoms with Gasteiger partial charge in [0.1, 0.15) is 11.4 Å². The Bertz CT molecular complexity index is 938. The largest absolute Gasteiger partial charge is 0.343 e. The highest BCUT2D eigenvalue weighted by Crippen LogP contribution is 2.24.